The molecule has 0 aliphatic carbocycles. The van der Waals surface area contributed by atoms with Crippen molar-refractivity contribution in [2.45, 2.75) is 197 Å². The molecule has 0 bridgehead atoms. The van der Waals surface area contributed by atoms with Crippen LogP contribution in [0.2, 0.25) is 0 Å². The molecule has 5 N–H and O–H groups in total. The number of aliphatic hydroxyl groups is 4. The number of benzene rings is 3. The van der Waals surface area contributed by atoms with E-state index in [-0.39, 0.29) is 29.8 Å². The lowest BCUT2D eigenvalue weighted by atomic mass is 9.87. The van der Waals surface area contributed by atoms with Gasteiger partial charge < -0.3 is 96.8 Å². The summed E-state index contributed by atoms with van der Waals surface area (Å²) in [5, 5.41) is 47.4. The van der Waals surface area contributed by atoms with Crippen LogP contribution >= 0.6 is 0 Å². The first-order valence-electron chi connectivity index (χ1n) is 31.0. The summed E-state index contributed by atoms with van der Waals surface area (Å²) >= 11 is 0. The van der Waals surface area contributed by atoms with Crippen LogP contribution in [0.5, 0.6) is 0 Å². The van der Waals surface area contributed by atoms with E-state index in [9.17, 15) is 58.8 Å². The first-order chi connectivity index (χ1) is 45.7. The van der Waals surface area contributed by atoms with Crippen molar-refractivity contribution in [2.75, 3.05) is 40.0 Å². The number of likely N-dealkylation sites (tertiary alicyclic amines) is 1. The molecular formula is C65H82N2O29. The smallest absolute Gasteiger partial charge is 0.366 e. The maximum absolute atomic E-state index is 15.4. The number of carbonyl (C=O) groups is 10. The van der Waals surface area contributed by atoms with Gasteiger partial charge in [0.05, 0.1) is 55.0 Å². The Morgan fingerprint density at radius 2 is 1.17 bits per heavy atom. The van der Waals surface area contributed by atoms with Crippen molar-refractivity contribution in [3.8, 4) is 0 Å². The summed E-state index contributed by atoms with van der Waals surface area (Å²) in [5.41, 5.74) is -0.319. The zero-order valence-electron chi connectivity index (χ0n) is 54.2. The monoisotopic (exact) mass is 1350 g/mol. The number of hydrogen-bond donors (Lipinski definition) is 5. The molecule has 7 rings (SSSR count). The topological polar surface area (TPSA) is 405 Å². The number of methoxy groups -OCH3 is 1. The van der Waals surface area contributed by atoms with Crippen molar-refractivity contribution in [1.29, 1.82) is 0 Å². The number of amides is 1. The number of nitrogens with zero attached hydrogens (tertiary/aromatic N) is 1. The Hall–Kier alpha value is -8.08. The van der Waals surface area contributed by atoms with Gasteiger partial charge in [-0.05, 0) is 56.3 Å². The standard InChI is InChI=1S/C65H82N2O29/c1-10-11-27-67-29-45(87-37(6)72)53(52(43(67)30-68)93-62-51(77)50(76)49(75)33(2)85-62)94-63-58(92-61(80)42-25-19-14-20-26-42)57(55(91-60(79)41-23-17-13-18-24-41)47(90-63)32-84-59(78)40-21-15-12-16-22-40)96-65(64(81)82-9)28-44(86-36(5)71)48(66-34(3)69)56(95-65)54(89-39(8)74)46(88-38(7)73)31-83-35(4)70/h12-26,33,43-58,62-63,68,75-77H,10-11,27-32H2,1-9H3,(H,66,69)/t33-,43+,44-,45-,46+,47+,48+,49+,50+,51-,52+,53+,54+,55-,56+,57-,58+,62-,63-,65-/m0/s1. The molecule has 4 heterocycles. The van der Waals surface area contributed by atoms with Crippen molar-refractivity contribution in [2.24, 2.45) is 0 Å². The second-order valence-corrected chi connectivity index (χ2v) is 23.1. The number of piperidine rings is 1. The Morgan fingerprint density at radius 1 is 0.615 bits per heavy atom. The van der Waals surface area contributed by atoms with Crippen LogP contribution in [-0.4, -0.2) is 247 Å². The maximum atomic E-state index is 15.4. The van der Waals surface area contributed by atoms with Crippen LogP contribution in [0.15, 0.2) is 91.0 Å². The quantitative estimate of drug-likeness (QED) is 0.0523. The van der Waals surface area contributed by atoms with Crippen molar-refractivity contribution >= 4 is 59.6 Å². The molecule has 20 atom stereocenters. The van der Waals surface area contributed by atoms with Gasteiger partial charge in [0, 0.05) is 48.1 Å². The second kappa shape index (κ2) is 34.7. The van der Waals surface area contributed by atoms with Gasteiger partial charge in [-0.1, -0.05) is 67.9 Å². The summed E-state index contributed by atoms with van der Waals surface area (Å²) in [4.78, 5) is 140. The molecule has 31 nitrogen and oxygen atoms in total. The molecule has 4 fully saturated rings. The average molecular weight is 1360 g/mol. The SMILES string of the molecule is CCCCN1C[C@H](OC(C)=O)[C@@H](O[C@@H]2O[C@H](COC(=O)c3ccccc3)[C@H](OC(=O)c3ccccc3)[C@H](O[C@]3(C(=O)OC)C[C@H](OC(C)=O)[C@@H](NC(C)=O)[C@H]([C@H](OC(C)=O)[C@@H](COC(C)=O)OC(C)=O)O3)[C@H]2OC(=O)c2ccccc2)[C@H](O[C@@H]2O[C@@H](C)[C@@H](O)[C@@H](O)[C@@H]2O)[C@H]1CO. The van der Waals surface area contributed by atoms with Crippen LogP contribution in [0, 0.1) is 0 Å². The van der Waals surface area contributed by atoms with Gasteiger partial charge in [0.1, 0.15) is 74.3 Å². The third-order valence-electron chi connectivity index (χ3n) is 16.0. The number of esters is 9. The highest BCUT2D eigenvalue weighted by molar-refractivity contribution is 5.91. The van der Waals surface area contributed by atoms with Gasteiger partial charge in [-0.25, -0.2) is 19.2 Å². The third kappa shape index (κ3) is 19.4. The fourth-order valence-corrected chi connectivity index (χ4v) is 11.6. The van der Waals surface area contributed by atoms with Gasteiger partial charge in [-0.3, -0.25) is 33.7 Å². The van der Waals surface area contributed by atoms with Crippen LogP contribution in [-0.2, 0) is 105 Å². The lowest BCUT2D eigenvalue weighted by Crippen LogP contribution is -2.72. The van der Waals surface area contributed by atoms with Gasteiger partial charge >= 0.3 is 53.7 Å². The molecule has 0 radical (unpaired) electrons. The Balaban J connectivity index is 1.54. The van der Waals surface area contributed by atoms with Crippen LogP contribution in [0.4, 0.5) is 0 Å². The zero-order valence-corrected chi connectivity index (χ0v) is 54.2. The van der Waals surface area contributed by atoms with Crippen molar-refractivity contribution in [1.82, 2.24) is 10.2 Å². The third-order valence-corrected chi connectivity index (χ3v) is 16.0. The zero-order chi connectivity index (χ0) is 70.1. The molecule has 0 saturated carbocycles. The number of rotatable bonds is 27. The fraction of sp³-hybridized carbons (Fsp3) is 0.569. The molecule has 4 aliphatic rings. The molecule has 96 heavy (non-hydrogen) atoms. The molecular weight excluding hydrogens is 1270 g/mol. The molecule has 0 spiro atoms. The van der Waals surface area contributed by atoms with Crippen molar-refractivity contribution in [3.63, 3.8) is 0 Å². The molecule has 3 aromatic carbocycles. The van der Waals surface area contributed by atoms with Crippen LogP contribution in [0.25, 0.3) is 0 Å². The highest BCUT2D eigenvalue weighted by atomic mass is 16.8. The van der Waals surface area contributed by atoms with E-state index >= 15 is 9.59 Å². The van der Waals surface area contributed by atoms with E-state index in [4.69, 9.17) is 71.1 Å². The van der Waals surface area contributed by atoms with E-state index in [0.717, 1.165) is 48.7 Å². The van der Waals surface area contributed by atoms with E-state index < -0.39 is 208 Å². The van der Waals surface area contributed by atoms with Crippen molar-refractivity contribution < 1.29 is 139 Å². The first-order valence-corrected chi connectivity index (χ1v) is 31.0. The summed E-state index contributed by atoms with van der Waals surface area (Å²) in [6, 6.07) is 18.9. The molecule has 0 aromatic heterocycles. The summed E-state index contributed by atoms with van der Waals surface area (Å²) < 4.78 is 92.8. The van der Waals surface area contributed by atoms with Crippen LogP contribution in [0.1, 0.15) is 106 Å². The Labute approximate surface area is 551 Å². The minimum Gasteiger partial charge on any atom is -0.465 e. The van der Waals surface area contributed by atoms with Gasteiger partial charge in [0.2, 0.25) is 5.91 Å². The number of ether oxygens (including phenoxy) is 15. The average Bonchev–Trinajstić information content (AvgIpc) is 0.707. The Kier molecular flexibility index (Phi) is 27.2. The molecule has 4 aliphatic heterocycles. The number of hydrogen-bond acceptors (Lipinski definition) is 30. The molecule has 31 heteroatoms. The highest BCUT2D eigenvalue weighted by Gasteiger charge is 2.64. The van der Waals surface area contributed by atoms with Gasteiger partial charge in [-0.2, -0.15) is 0 Å². The predicted molar refractivity (Wildman–Crippen MR) is 322 cm³/mol. The molecule has 526 valence electrons. The highest BCUT2D eigenvalue weighted by Crippen LogP contribution is 2.43. The van der Waals surface area contributed by atoms with E-state index in [1.54, 1.807) is 23.1 Å². The largest absolute Gasteiger partial charge is 0.465 e. The van der Waals surface area contributed by atoms with Gasteiger partial charge in [-0.15, -0.1) is 0 Å². The van der Waals surface area contributed by atoms with E-state index in [1.807, 2.05) is 6.92 Å². The fourth-order valence-electron chi connectivity index (χ4n) is 11.6. The molecule has 3 aromatic rings. The lowest BCUT2D eigenvalue weighted by molar-refractivity contribution is -0.382. The molecule has 1 amide bonds. The van der Waals surface area contributed by atoms with Crippen LogP contribution < -0.4 is 5.32 Å². The van der Waals surface area contributed by atoms with Crippen LogP contribution in [0.3, 0.4) is 0 Å². The first kappa shape index (κ1) is 75.3. The lowest BCUT2D eigenvalue weighted by Gasteiger charge is -2.53. The minimum absolute atomic E-state index is 0.00537. The normalized spacial score (nSPS) is 30.3. The summed E-state index contributed by atoms with van der Waals surface area (Å²) in [6.45, 7) is 6.51. The number of nitrogens with one attached hydrogen (secondary N) is 1. The summed E-state index contributed by atoms with van der Waals surface area (Å²) in [5.74, 6) is -14.2. The minimum atomic E-state index is -3.25. The maximum Gasteiger partial charge on any atom is 0.366 e. The van der Waals surface area contributed by atoms with E-state index in [2.05, 4.69) is 5.32 Å². The molecule has 4 saturated heterocycles. The Morgan fingerprint density at radius 3 is 1.69 bits per heavy atom. The summed E-state index contributed by atoms with van der Waals surface area (Å²) in [6.07, 6.45) is -32.8. The molecule has 0 unspecified atom stereocenters. The number of unbranched alkanes of at least 4 members (excludes halogenated alkanes) is 1. The number of carbonyl (C=O) groups excluding carboxylic acids is 10. The van der Waals surface area contributed by atoms with Crippen molar-refractivity contribution in [3.05, 3.63) is 108 Å². The summed E-state index contributed by atoms with van der Waals surface area (Å²) in [7, 11) is 0.854. The van der Waals surface area contributed by atoms with E-state index in [0.29, 0.717) is 12.8 Å². The second-order valence-electron chi connectivity index (χ2n) is 23.1. The number of aliphatic hydroxyl groups excluding tert-OH is 4. The Bertz CT molecular complexity index is 3140. The predicted octanol–water partition coefficient (Wildman–Crippen LogP) is 0.932. The van der Waals surface area contributed by atoms with E-state index in [1.165, 1.54) is 79.7 Å². The van der Waals surface area contributed by atoms with Gasteiger partial charge in [0.15, 0.2) is 37.0 Å². The van der Waals surface area contributed by atoms with Gasteiger partial charge in [0.25, 0.3) is 5.79 Å².